The minimum Gasteiger partial charge on any atom is -0.494 e. The number of anilines is 1. The number of pyridine rings is 1. The Labute approximate surface area is 250 Å². The molecule has 2 fully saturated rings. The lowest BCUT2D eigenvalue weighted by molar-refractivity contribution is 0.00221. The van der Waals surface area contributed by atoms with Crippen molar-refractivity contribution in [2.24, 2.45) is 5.73 Å². The van der Waals surface area contributed by atoms with Gasteiger partial charge in [-0.3, -0.25) is 19.4 Å². The number of benzene rings is 2. The number of carbonyl (C=O) groups is 1. The Morgan fingerprint density at radius 3 is 2.61 bits per heavy atom. The maximum Gasteiger partial charge on any atom is 0.257 e. The number of halogens is 2. The van der Waals surface area contributed by atoms with Gasteiger partial charge >= 0.3 is 0 Å². The number of hydrogen-bond acceptors (Lipinski definition) is 8. The van der Waals surface area contributed by atoms with Gasteiger partial charge in [0.2, 0.25) is 0 Å². The molecule has 2 atom stereocenters. The zero-order valence-corrected chi connectivity index (χ0v) is 24.6. The van der Waals surface area contributed by atoms with Gasteiger partial charge in [-0.1, -0.05) is 29.3 Å². The number of nitrogens with two attached hydrogens (primary N) is 1. The SMILES string of the molecule is NCC(O)N1CCCC1C(=O)n1c(=O)ccc2ccc(OCCCCN3CCN(c4cccc(Cl)c4Cl)CC3)cc21. The molecular formula is C30H37Cl2N5O4. The number of ether oxygens (including phenoxy) is 1. The van der Waals surface area contributed by atoms with Crippen molar-refractivity contribution in [1.82, 2.24) is 14.4 Å². The first-order valence-electron chi connectivity index (χ1n) is 14.3. The van der Waals surface area contributed by atoms with E-state index >= 15 is 0 Å². The molecular weight excluding hydrogens is 565 g/mol. The van der Waals surface area contributed by atoms with E-state index in [0.29, 0.717) is 40.9 Å². The molecule has 0 amide bonds. The summed E-state index contributed by atoms with van der Waals surface area (Å²) in [4.78, 5) is 32.8. The number of rotatable bonds is 10. The highest BCUT2D eigenvalue weighted by molar-refractivity contribution is 6.43. The first kappa shape index (κ1) is 29.8. The van der Waals surface area contributed by atoms with Gasteiger partial charge in [-0.2, -0.15) is 0 Å². The molecule has 41 heavy (non-hydrogen) atoms. The van der Waals surface area contributed by atoms with E-state index in [1.54, 1.807) is 17.0 Å². The van der Waals surface area contributed by atoms with Gasteiger partial charge in [0.1, 0.15) is 12.0 Å². The van der Waals surface area contributed by atoms with Crippen molar-refractivity contribution in [1.29, 1.82) is 0 Å². The van der Waals surface area contributed by atoms with Crippen LogP contribution in [0.15, 0.2) is 53.3 Å². The second-order valence-corrected chi connectivity index (χ2v) is 11.4. The Bertz CT molecular complexity index is 1430. The van der Waals surface area contributed by atoms with Gasteiger partial charge in [0, 0.05) is 51.4 Å². The molecule has 0 aliphatic carbocycles. The van der Waals surface area contributed by atoms with E-state index in [2.05, 4.69) is 9.80 Å². The summed E-state index contributed by atoms with van der Waals surface area (Å²) in [6.07, 6.45) is 2.29. The molecule has 2 unspecified atom stereocenters. The van der Waals surface area contributed by atoms with Gasteiger partial charge in [0.15, 0.2) is 0 Å². The molecule has 1 aromatic heterocycles. The van der Waals surface area contributed by atoms with E-state index in [-0.39, 0.29) is 12.5 Å². The number of carbonyl (C=O) groups excluding carboxylic acids is 1. The maximum absolute atomic E-state index is 13.5. The van der Waals surface area contributed by atoms with Crippen LogP contribution in [0, 0.1) is 0 Å². The fourth-order valence-corrected chi connectivity index (χ4v) is 6.22. The zero-order chi connectivity index (χ0) is 28.9. The fraction of sp³-hybridized carbons (Fsp3) is 0.467. The molecule has 0 radical (unpaired) electrons. The molecule has 0 saturated carbocycles. The molecule has 3 aromatic rings. The van der Waals surface area contributed by atoms with E-state index in [0.717, 1.165) is 63.1 Å². The van der Waals surface area contributed by atoms with E-state index in [9.17, 15) is 14.7 Å². The Morgan fingerprint density at radius 2 is 1.83 bits per heavy atom. The predicted octanol–water partition coefficient (Wildman–Crippen LogP) is 3.67. The third kappa shape index (κ3) is 6.71. The maximum atomic E-state index is 13.5. The number of aliphatic hydroxyl groups excluding tert-OH is 1. The van der Waals surface area contributed by atoms with Gasteiger partial charge in [0.25, 0.3) is 11.5 Å². The Kier molecular flexibility index (Phi) is 9.85. The quantitative estimate of drug-likeness (QED) is 0.339. The monoisotopic (exact) mass is 601 g/mol. The van der Waals surface area contributed by atoms with E-state index < -0.39 is 17.8 Å². The number of nitrogens with zero attached hydrogens (tertiary/aromatic N) is 4. The minimum absolute atomic E-state index is 0.0281. The van der Waals surface area contributed by atoms with Gasteiger partial charge in [0.05, 0.1) is 33.9 Å². The van der Waals surface area contributed by atoms with Crippen molar-refractivity contribution in [3.05, 3.63) is 68.9 Å². The summed E-state index contributed by atoms with van der Waals surface area (Å²) in [5, 5.41) is 12.2. The molecule has 3 heterocycles. The largest absolute Gasteiger partial charge is 0.494 e. The fourth-order valence-electron chi connectivity index (χ4n) is 5.80. The highest BCUT2D eigenvalue weighted by atomic mass is 35.5. The van der Waals surface area contributed by atoms with Crippen molar-refractivity contribution in [3.63, 3.8) is 0 Å². The number of aromatic nitrogens is 1. The molecule has 3 N–H and O–H groups in total. The third-order valence-corrected chi connectivity index (χ3v) is 8.85. The van der Waals surface area contributed by atoms with Crippen LogP contribution in [-0.4, -0.2) is 90.1 Å². The van der Waals surface area contributed by atoms with Crippen LogP contribution in [0.25, 0.3) is 10.9 Å². The first-order chi connectivity index (χ1) is 19.9. The van der Waals surface area contributed by atoms with Crippen LogP contribution >= 0.6 is 23.2 Å². The first-order valence-corrected chi connectivity index (χ1v) is 15.0. The Balaban J connectivity index is 1.14. The van der Waals surface area contributed by atoms with Crippen LogP contribution in [0.1, 0.15) is 30.5 Å². The number of fused-ring (bicyclic) bond motifs is 1. The van der Waals surface area contributed by atoms with Crippen molar-refractivity contribution in [2.75, 3.05) is 57.3 Å². The lowest BCUT2D eigenvalue weighted by atomic mass is 10.1. The van der Waals surface area contributed by atoms with Crippen molar-refractivity contribution in [2.45, 2.75) is 38.0 Å². The molecule has 2 aliphatic rings. The lowest BCUT2D eigenvalue weighted by Gasteiger charge is -2.36. The van der Waals surface area contributed by atoms with E-state index in [1.165, 1.54) is 10.6 Å². The smallest absolute Gasteiger partial charge is 0.257 e. The summed E-state index contributed by atoms with van der Waals surface area (Å²) in [6.45, 7) is 5.83. The van der Waals surface area contributed by atoms with Gasteiger partial charge in [-0.25, -0.2) is 4.57 Å². The summed E-state index contributed by atoms with van der Waals surface area (Å²) < 4.78 is 7.25. The highest BCUT2D eigenvalue weighted by Gasteiger charge is 2.35. The number of piperazine rings is 1. The molecule has 220 valence electrons. The molecule has 2 saturated heterocycles. The van der Waals surface area contributed by atoms with Gasteiger partial charge < -0.3 is 20.5 Å². The molecule has 2 aliphatic heterocycles. The minimum atomic E-state index is -0.915. The summed E-state index contributed by atoms with van der Waals surface area (Å²) in [5.41, 5.74) is 6.74. The van der Waals surface area contributed by atoms with E-state index in [4.69, 9.17) is 33.7 Å². The van der Waals surface area contributed by atoms with Crippen molar-refractivity contribution < 1.29 is 14.6 Å². The number of aliphatic hydroxyl groups is 1. The second-order valence-electron chi connectivity index (χ2n) is 10.6. The highest BCUT2D eigenvalue weighted by Crippen LogP contribution is 2.33. The summed E-state index contributed by atoms with van der Waals surface area (Å²) in [7, 11) is 0. The Morgan fingerprint density at radius 1 is 1.05 bits per heavy atom. The zero-order valence-electron chi connectivity index (χ0n) is 23.1. The van der Waals surface area contributed by atoms with Crippen LogP contribution < -0.4 is 20.9 Å². The standard InChI is InChI=1S/C30H37Cl2N5O4/c31-23-5-3-6-24(29(23)32)35-16-14-34(15-17-35)12-1-2-18-41-22-10-8-21-9-11-27(38)37(26(21)19-22)30(40)25-7-4-13-36(25)28(39)20-33/h3,5-6,8-11,19,25,28,39H,1-2,4,7,12-18,20,33H2. The van der Waals surface area contributed by atoms with Crippen LogP contribution in [0.5, 0.6) is 5.75 Å². The normalized spacial score (nSPS) is 19.1. The average molecular weight is 603 g/mol. The lowest BCUT2D eigenvalue weighted by Crippen LogP contribution is -2.49. The van der Waals surface area contributed by atoms with Crippen LogP contribution in [0.3, 0.4) is 0 Å². The Hall–Kier alpha value is -2.66. The molecule has 2 aromatic carbocycles. The molecule has 5 rings (SSSR count). The molecule has 11 heteroatoms. The van der Waals surface area contributed by atoms with Gasteiger partial charge in [-0.15, -0.1) is 0 Å². The molecule has 0 bridgehead atoms. The summed E-state index contributed by atoms with van der Waals surface area (Å²) in [5.74, 6) is 0.266. The summed E-state index contributed by atoms with van der Waals surface area (Å²) in [6, 6.07) is 13.8. The van der Waals surface area contributed by atoms with E-state index in [1.807, 2.05) is 30.3 Å². The molecule has 9 nitrogen and oxygen atoms in total. The van der Waals surface area contributed by atoms with Gasteiger partial charge in [-0.05, 0) is 67.9 Å². The van der Waals surface area contributed by atoms with Crippen molar-refractivity contribution >= 4 is 45.7 Å². The average Bonchev–Trinajstić information content (AvgIpc) is 3.48. The molecule has 0 spiro atoms. The van der Waals surface area contributed by atoms with Crippen LogP contribution in [0.2, 0.25) is 10.0 Å². The number of unbranched alkanes of at least 4 members (excludes halogenated alkanes) is 1. The predicted molar refractivity (Wildman–Crippen MR) is 163 cm³/mol. The van der Waals surface area contributed by atoms with Crippen LogP contribution in [-0.2, 0) is 0 Å². The topological polar surface area (TPSA) is 104 Å². The van der Waals surface area contributed by atoms with Crippen molar-refractivity contribution in [3.8, 4) is 5.75 Å². The second kappa shape index (κ2) is 13.5. The third-order valence-electron chi connectivity index (χ3n) is 8.04. The summed E-state index contributed by atoms with van der Waals surface area (Å²) >= 11 is 12.6. The van der Waals surface area contributed by atoms with Crippen LogP contribution in [0.4, 0.5) is 5.69 Å². The number of hydrogen-bond donors (Lipinski definition) is 2. The number of likely N-dealkylation sites (tertiary alicyclic amines) is 1.